The number of amides is 1. The van der Waals surface area contributed by atoms with Gasteiger partial charge in [-0.1, -0.05) is 12.8 Å². The van der Waals surface area contributed by atoms with E-state index in [1.165, 1.54) is 12.4 Å². The van der Waals surface area contributed by atoms with Crippen molar-refractivity contribution in [1.82, 2.24) is 14.9 Å². The molecule has 0 aliphatic rings. The molecule has 7 heteroatoms. The summed E-state index contributed by atoms with van der Waals surface area (Å²) in [6.07, 6.45) is 6.61. The van der Waals surface area contributed by atoms with E-state index in [4.69, 9.17) is 5.73 Å². The predicted molar refractivity (Wildman–Crippen MR) is 67.5 cm³/mol. The van der Waals surface area contributed by atoms with Gasteiger partial charge in [0.05, 0.1) is 6.54 Å². The Morgan fingerprint density at radius 2 is 2.11 bits per heavy atom. The second kappa shape index (κ2) is 8.58. The molecule has 1 rings (SSSR count). The molecular weight excluding hydrogens is 254 g/mol. The zero-order chi connectivity index (χ0) is 14.1. The SMILES string of the molecule is NCCCCCCC(=O)NCc1nccn1C(F)F. The van der Waals surface area contributed by atoms with Crippen molar-refractivity contribution in [3.05, 3.63) is 18.2 Å². The number of carbonyl (C=O) groups is 1. The summed E-state index contributed by atoms with van der Waals surface area (Å²) < 4.78 is 25.8. The smallest absolute Gasteiger partial charge is 0.319 e. The van der Waals surface area contributed by atoms with Gasteiger partial charge in [0.2, 0.25) is 5.91 Å². The Balaban J connectivity index is 2.21. The highest BCUT2D eigenvalue weighted by Crippen LogP contribution is 2.12. The summed E-state index contributed by atoms with van der Waals surface area (Å²) in [5, 5.41) is 2.59. The lowest BCUT2D eigenvalue weighted by molar-refractivity contribution is -0.121. The van der Waals surface area contributed by atoms with Crippen LogP contribution in [0, 0.1) is 0 Å². The van der Waals surface area contributed by atoms with E-state index in [-0.39, 0.29) is 18.3 Å². The summed E-state index contributed by atoms with van der Waals surface area (Å²) in [6, 6.07) is 0. The Labute approximate surface area is 111 Å². The van der Waals surface area contributed by atoms with E-state index < -0.39 is 6.55 Å². The number of hydrogen-bond donors (Lipinski definition) is 2. The van der Waals surface area contributed by atoms with E-state index in [9.17, 15) is 13.6 Å². The third-order valence-electron chi connectivity index (χ3n) is 2.76. The molecule has 1 aromatic rings. The van der Waals surface area contributed by atoms with Crippen LogP contribution in [0.2, 0.25) is 0 Å². The van der Waals surface area contributed by atoms with Crippen molar-refractivity contribution in [1.29, 1.82) is 0 Å². The van der Waals surface area contributed by atoms with E-state index >= 15 is 0 Å². The molecule has 0 saturated heterocycles. The highest BCUT2D eigenvalue weighted by atomic mass is 19.3. The van der Waals surface area contributed by atoms with Gasteiger partial charge in [-0.05, 0) is 19.4 Å². The molecule has 1 heterocycles. The van der Waals surface area contributed by atoms with E-state index in [2.05, 4.69) is 10.3 Å². The quantitative estimate of drug-likeness (QED) is 0.674. The van der Waals surface area contributed by atoms with E-state index in [1.807, 2.05) is 0 Å². The molecule has 0 atom stereocenters. The second-order valence-corrected chi connectivity index (χ2v) is 4.26. The van der Waals surface area contributed by atoms with Crippen molar-refractivity contribution in [2.75, 3.05) is 6.54 Å². The maximum atomic E-state index is 12.5. The number of nitrogens with two attached hydrogens (primary N) is 1. The highest BCUT2D eigenvalue weighted by molar-refractivity contribution is 5.75. The Morgan fingerprint density at radius 3 is 2.79 bits per heavy atom. The fraction of sp³-hybridized carbons (Fsp3) is 0.667. The molecule has 0 spiro atoms. The first-order valence-corrected chi connectivity index (χ1v) is 6.41. The number of hydrogen-bond acceptors (Lipinski definition) is 3. The molecule has 19 heavy (non-hydrogen) atoms. The number of unbranched alkanes of at least 4 members (excludes halogenated alkanes) is 3. The standard InChI is InChI=1S/C12H20F2N4O/c13-12(14)18-8-7-16-10(18)9-17-11(19)5-3-1-2-4-6-15/h7-8,12H,1-6,9,15H2,(H,17,19). The molecule has 108 valence electrons. The molecule has 3 N–H and O–H groups in total. The average Bonchev–Trinajstić information content (AvgIpc) is 2.84. The number of nitrogens with zero attached hydrogens (tertiary/aromatic N) is 2. The molecular formula is C12H20F2N4O. The maximum Gasteiger partial charge on any atom is 0.319 e. The number of carbonyl (C=O) groups excluding carboxylic acids is 1. The first-order valence-electron chi connectivity index (χ1n) is 6.41. The summed E-state index contributed by atoms with van der Waals surface area (Å²) in [5.74, 6) is 0.0167. The monoisotopic (exact) mass is 274 g/mol. The minimum Gasteiger partial charge on any atom is -0.349 e. The first-order chi connectivity index (χ1) is 9.15. The normalized spacial score (nSPS) is 10.9. The lowest BCUT2D eigenvalue weighted by atomic mass is 10.1. The third kappa shape index (κ3) is 5.78. The van der Waals surface area contributed by atoms with Gasteiger partial charge in [0.15, 0.2) is 0 Å². The van der Waals surface area contributed by atoms with Crippen LogP contribution in [0.15, 0.2) is 12.4 Å². The Hall–Kier alpha value is -1.50. The van der Waals surface area contributed by atoms with Gasteiger partial charge in [0.25, 0.3) is 0 Å². The number of rotatable bonds is 9. The van der Waals surface area contributed by atoms with Crippen LogP contribution in [0.3, 0.4) is 0 Å². The molecule has 0 unspecified atom stereocenters. The fourth-order valence-corrected chi connectivity index (χ4v) is 1.71. The van der Waals surface area contributed by atoms with Crippen LogP contribution in [0.4, 0.5) is 8.78 Å². The van der Waals surface area contributed by atoms with Gasteiger partial charge >= 0.3 is 6.55 Å². The zero-order valence-corrected chi connectivity index (χ0v) is 10.8. The van der Waals surface area contributed by atoms with Gasteiger partial charge in [-0.3, -0.25) is 9.36 Å². The number of alkyl halides is 2. The predicted octanol–water partition coefficient (Wildman–Crippen LogP) is 1.80. The number of nitrogens with one attached hydrogen (secondary N) is 1. The van der Waals surface area contributed by atoms with Crippen molar-refractivity contribution in [2.24, 2.45) is 5.73 Å². The summed E-state index contributed by atoms with van der Waals surface area (Å²) >= 11 is 0. The Kier molecular flexibility index (Phi) is 7.02. The minimum atomic E-state index is -2.63. The zero-order valence-electron chi connectivity index (χ0n) is 10.8. The minimum absolute atomic E-state index is 0.0268. The van der Waals surface area contributed by atoms with Gasteiger partial charge in [0.1, 0.15) is 5.82 Å². The number of aromatic nitrogens is 2. The van der Waals surface area contributed by atoms with Crippen molar-refractivity contribution >= 4 is 5.91 Å². The van der Waals surface area contributed by atoms with E-state index in [0.29, 0.717) is 13.0 Å². The molecule has 0 bridgehead atoms. The van der Waals surface area contributed by atoms with E-state index in [1.54, 1.807) is 0 Å². The van der Waals surface area contributed by atoms with Gasteiger partial charge in [-0.2, -0.15) is 8.78 Å². The molecule has 0 fully saturated rings. The van der Waals surface area contributed by atoms with Gasteiger partial charge in [-0.15, -0.1) is 0 Å². The Morgan fingerprint density at radius 1 is 1.37 bits per heavy atom. The summed E-state index contributed by atoms with van der Waals surface area (Å²) in [4.78, 5) is 15.3. The topological polar surface area (TPSA) is 72.9 Å². The molecule has 1 aromatic heterocycles. The summed E-state index contributed by atoms with van der Waals surface area (Å²) in [5.41, 5.74) is 5.36. The van der Waals surface area contributed by atoms with Gasteiger partial charge < -0.3 is 11.1 Å². The molecule has 5 nitrogen and oxygen atoms in total. The fourth-order valence-electron chi connectivity index (χ4n) is 1.71. The van der Waals surface area contributed by atoms with Crippen LogP contribution in [-0.4, -0.2) is 22.0 Å². The van der Waals surface area contributed by atoms with Crippen LogP contribution in [-0.2, 0) is 11.3 Å². The summed E-state index contributed by atoms with van der Waals surface area (Å²) in [7, 11) is 0. The van der Waals surface area contributed by atoms with Crippen LogP contribution in [0.25, 0.3) is 0 Å². The van der Waals surface area contributed by atoms with Crippen molar-refractivity contribution < 1.29 is 13.6 Å². The Bertz CT molecular complexity index is 382. The van der Waals surface area contributed by atoms with Crippen molar-refractivity contribution in [3.63, 3.8) is 0 Å². The summed E-state index contributed by atoms with van der Waals surface area (Å²) in [6.45, 7) is -1.94. The van der Waals surface area contributed by atoms with E-state index in [0.717, 1.165) is 30.3 Å². The molecule has 0 aromatic carbocycles. The highest BCUT2D eigenvalue weighted by Gasteiger charge is 2.11. The number of halogens is 2. The third-order valence-corrected chi connectivity index (χ3v) is 2.76. The maximum absolute atomic E-state index is 12.5. The van der Waals surface area contributed by atoms with Crippen LogP contribution < -0.4 is 11.1 Å². The second-order valence-electron chi connectivity index (χ2n) is 4.26. The largest absolute Gasteiger partial charge is 0.349 e. The number of imidazole rings is 1. The molecule has 0 saturated carbocycles. The van der Waals surface area contributed by atoms with Crippen LogP contribution in [0.1, 0.15) is 44.5 Å². The van der Waals surface area contributed by atoms with Gasteiger partial charge in [0, 0.05) is 18.8 Å². The van der Waals surface area contributed by atoms with Crippen molar-refractivity contribution in [3.8, 4) is 0 Å². The lowest BCUT2D eigenvalue weighted by Gasteiger charge is -2.07. The lowest BCUT2D eigenvalue weighted by Crippen LogP contribution is -2.24. The molecule has 1 amide bonds. The van der Waals surface area contributed by atoms with Crippen molar-refractivity contribution in [2.45, 2.75) is 45.2 Å². The first kappa shape index (κ1) is 15.6. The molecule has 0 radical (unpaired) electrons. The van der Waals surface area contributed by atoms with Gasteiger partial charge in [-0.25, -0.2) is 4.98 Å². The average molecular weight is 274 g/mol. The van der Waals surface area contributed by atoms with Crippen LogP contribution in [0.5, 0.6) is 0 Å². The molecule has 0 aliphatic heterocycles. The molecule has 0 aliphatic carbocycles. The van der Waals surface area contributed by atoms with Crippen LogP contribution >= 0.6 is 0 Å².